The third-order valence-corrected chi connectivity index (χ3v) is 7.88. The normalized spacial score (nSPS) is 26.4. The second-order valence-corrected chi connectivity index (χ2v) is 10.9. The van der Waals surface area contributed by atoms with Crippen LogP contribution in [0, 0.1) is 11.3 Å². The van der Waals surface area contributed by atoms with Gasteiger partial charge in [0.15, 0.2) is 0 Å². The smallest absolute Gasteiger partial charge is 0.416 e. The number of fused-ring (bicyclic) bond motifs is 4. The fourth-order valence-corrected chi connectivity index (χ4v) is 6.02. The topological polar surface area (TPSA) is 50.8 Å². The van der Waals surface area contributed by atoms with Gasteiger partial charge in [-0.25, -0.2) is 4.79 Å². The minimum absolute atomic E-state index is 0.0701. The number of ether oxygens (including phenoxy) is 2. The van der Waals surface area contributed by atoms with Gasteiger partial charge >= 0.3 is 12.3 Å². The van der Waals surface area contributed by atoms with Crippen molar-refractivity contribution in [1.82, 2.24) is 10.2 Å². The van der Waals surface area contributed by atoms with Crippen LogP contribution in [-0.4, -0.2) is 43.3 Å². The SMILES string of the molecule is CCOc1cc(-c2ccc3c(c2)CC(C)(C)C3NC(=O)O[C@H]2CN3CCC2CC3)cc(C(F)(F)F)c1. The van der Waals surface area contributed by atoms with Gasteiger partial charge in [-0.15, -0.1) is 0 Å². The Morgan fingerprint density at radius 1 is 1.11 bits per heavy atom. The van der Waals surface area contributed by atoms with E-state index in [-0.39, 0.29) is 29.9 Å². The molecular formula is C28H33F3N2O3. The van der Waals surface area contributed by atoms with Gasteiger partial charge in [0.1, 0.15) is 11.9 Å². The summed E-state index contributed by atoms with van der Waals surface area (Å²) in [5, 5.41) is 3.10. The monoisotopic (exact) mass is 502 g/mol. The number of rotatable bonds is 5. The average molecular weight is 503 g/mol. The zero-order chi connectivity index (χ0) is 25.7. The number of carbonyl (C=O) groups is 1. The van der Waals surface area contributed by atoms with E-state index in [1.165, 1.54) is 0 Å². The van der Waals surface area contributed by atoms with Crippen LogP contribution in [0.3, 0.4) is 0 Å². The first kappa shape index (κ1) is 24.9. The van der Waals surface area contributed by atoms with Gasteiger partial charge in [-0.2, -0.15) is 13.2 Å². The van der Waals surface area contributed by atoms with Crippen LogP contribution in [0.5, 0.6) is 5.75 Å². The standard InChI is InChI=1S/C28H33F3N2O3/c1-4-35-22-13-19(12-21(14-22)28(29,30)31)18-5-6-23-20(11-18)15-27(2,3)25(23)32-26(34)36-24-16-33-9-7-17(24)8-10-33/h5-6,11-14,17,24-25H,4,7-10,15-16H2,1-3H3,(H,32,34)/t24-,25?/m0/s1. The number of hydrogen-bond acceptors (Lipinski definition) is 4. The van der Waals surface area contributed by atoms with Crippen LogP contribution < -0.4 is 10.1 Å². The van der Waals surface area contributed by atoms with Gasteiger partial charge in [-0.05, 0) is 91.1 Å². The lowest BCUT2D eigenvalue weighted by Gasteiger charge is -2.44. The summed E-state index contributed by atoms with van der Waals surface area (Å²) in [6.45, 7) is 9.15. The predicted molar refractivity (Wildman–Crippen MR) is 131 cm³/mol. The zero-order valence-corrected chi connectivity index (χ0v) is 21.0. The molecule has 6 rings (SSSR count). The predicted octanol–water partition coefficient (Wildman–Crippen LogP) is 6.21. The van der Waals surface area contributed by atoms with E-state index in [0.717, 1.165) is 55.7 Å². The summed E-state index contributed by atoms with van der Waals surface area (Å²) in [4.78, 5) is 15.2. The molecule has 2 bridgehead atoms. The van der Waals surface area contributed by atoms with Gasteiger partial charge in [0, 0.05) is 6.54 Å². The molecule has 2 atom stereocenters. The van der Waals surface area contributed by atoms with Gasteiger partial charge in [-0.3, -0.25) is 4.90 Å². The second kappa shape index (κ2) is 9.29. The molecule has 2 aromatic carbocycles. The van der Waals surface area contributed by atoms with Crippen LogP contribution in [0.15, 0.2) is 36.4 Å². The van der Waals surface area contributed by atoms with Crippen molar-refractivity contribution < 1.29 is 27.4 Å². The number of alkyl halides is 3. The number of halogens is 3. The van der Waals surface area contributed by atoms with Gasteiger partial charge in [0.05, 0.1) is 18.2 Å². The Kier molecular flexibility index (Phi) is 6.43. The van der Waals surface area contributed by atoms with Crippen LogP contribution in [0.2, 0.25) is 0 Å². The Labute approximate surface area is 210 Å². The molecule has 1 aliphatic carbocycles. The highest BCUT2D eigenvalue weighted by Gasteiger charge is 2.42. The number of nitrogens with zero attached hydrogens (tertiary/aromatic N) is 1. The van der Waals surface area contributed by atoms with E-state index in [9.17, 15) is 18.0 Å². The number of carbonyl (C=O) groups excluding carboxylic acids is 1. The molecule has 5 nitrogen and oxygen atoms in total. The first-order valence-corrected chi connectivity index (χ1v) is 12.7. The van der Waals surface area contributed by atoms with Crippen molar-refractivity contribution in [2.24, 2.45) is 11.3 Å². The lowest BCUT2D eigenvalue weighted by Crippen LogP contribution is -2.53. The van der Waals surface area contributed by atoms with Crippen LogP contribution in [0.4, 0.5) is 18.0 Å². The third-order valence-electron chi connectivity index (χ3n) is 7.88. The van der Waals surface area contributed by atoms with Crippen molar-refractivity contribution in [1.29, 1.82) is 0 Å². The first-order chi connectivity index (χ1) is 17.0. The van der Waals surface area contributed by atoms with E-state index >= 15 is 0 Å². The number of alkyl carbamates (subject to hydrolysis) is 1. The maximum Gasteiger partial charge on any atom is 0.416 e. The molecule has 0 saturated carbocycles. The van der Waals surface area contributed by atoms with Crippen molar-refractivity contribution in [3.63, 3.8) is 0 Å². The number of benzene rings is 2. The van der Waals surface area contributed by atoms with Crippen LogP contribution >= 0.6 is 0 Å². The van der Waals surface area contributed by atoms with E-state index in [1.807, 2.05) is 18.2 Å². The Morgan fingerprint density at radius 3 is 2.50 bits per heavy atom. The maximum absolute atomic E-state index is 13.5. The average Bonchev–Trinajstić information content (AvgIpc) is 3.07. The van der Waals surface area contributed by atoms with Crippen molar-refractivity contribution in [3.05, 3.63) is 53.1 Å². The molecule has 3 heterocycles. The Balaban J connectivity index is 1.37. The minimum atomic E-state index is -4.47. The Hall–Kier alpha value is -2.74. The van der Waals surface area contributed by atoms with Gasteiger partial charge in [-0.1, -0.05) is 32.0 Å². The number of piperidine rings is 3. The molecule has 0 spiro atoms. The number of nitrogens with one attached hydrogen (secondary N) is 1. The molecule has 8 heteroatoms. The molecule has 1 amide bonds. The molecule has 0 radical (unpaired) electrons. The van der Waals surface area contributed by atoms with Gasteiger partial charge in [0.2, 0.25) is 0 Å². The Bertz CT molecular complexity index is 1140. The fraction of sp³-hybridized carbons (Fsp3) is 0.536. The highest BCUT2D eigenvalue weighted by atomic mass is 19.4. The summed E-state index contributed by atoms with van der Waals surface area (Å²) in [5.74, 6) is 0.624. The highest BCUT2D eigenvalue weighted by Crippen LogP contribution is 2.47. The minimum Gasteiger partial charge on any atom is -0.494 e. The molecule has 1 N–H and O–H groups in total. The molecule has 2 aromatic rings. The quantitative estimate of drug-likeness (QED) is 0.528. The molecule has 1 unspecified atom stereocenters. The van der Waals surface area contributed by atoms with E-state index in [2.05, 4.69) is 24.1 Å². The molecule has 4 aliphatic rings. The van der Waals surface area contributed by atoms with Crippen molar-refractivity contribution in [2.45, 2.75) is 58.4 Å². The first-order valence-electron chi connectivity index (χ1n) is 12.7. The molecule has 0 aromatic heterocycles. The molecular weight excluding hydrogens is 469 g/mol. The summed E-state index contributed by atoms with van der Waals surface area (Å²) in [7, 11) is 0. The van der Waals surface area contributed by atoms with Gasteiger partial charge < -0.3 is 14.8 Å². The third kappa shape index (κ3) is 4.92. The Morgan fingerprint density at radius 2 is 1.86 bits per heavy atom. The fourth-order valence-electron chi connectivity index (χ4n) is 6.02. The van der Waals surface area contributed by atoms with Crippen molar-refractivity contribution in [3.8, 4) is 16.9 Å². The van der Waals surface area contributed by atoms with E-state index in [4.69, 9.17) is 9.47 Å². The van der Waals surface area contributed by atoms with E-state index in [1.54, 1.807) is 13.0 Å². The molecule has 3 saturated heterocycles. The zero-order valence-electron chi connectivity index (χ0n) is 21.0. The number of hydrogen-bond donors (Lipinski definition) is 1. The van der Waals surface area contributed by atoms with Crippen molar-refractivity contribution in [2.75, 3.05) is 26.2 Å². The summed E-state index contributed by atoms with van der Waals surface area (Å²) < 4.78 is 51.8. The van der Waals surface area contributed by atoms with E-state index < -0.39 is 17.8 Å². The molecule has 194 valence electrons. The summed E-state index contributed by atoms with van der Waals surface area (Å²) in [6.07, 6.45) is -2.11. The van der Waals surface area contributed by atoms with Crippen LogP contribution in [0.1, 0.15) is 56.3 Å². The van der Waals surface area contributed by atoms with Crippen LogP contribution in [-0.2, 0) is 17.3 Å². The number of amides is 1. The van der Waals surface area contributed by atoms with E-state index in [0.29, 0.717) is 23.5 Å². The largest absolute Gasteiger partial charge is 0.494 e. The summed E-state index contributed by atoms with van der Waals surface area (Å²) >= 11 is 0. The second-order valence-electron chi connectivity index (χ2n) is 10.9. The lowest BCUT2D eigenvalue weighted by molar-refractivity contribution is -0.137. The molecule has 3 aliphatic heterocycles. The van der Waals surface area contributed by atoms with Gasteiger partial charge in [0.25, 0.3) is 0 Å². The maximum atomic E-state index is 13.5. The van der Waals surface area contributed by atoms with Crippen LogP contribution in [0.25, 0.3) is 11.1 Å². The lowest BCUT2D eigenvalue weighted by atomic mass is 9.85. The summed E-state index contributed by atoms with van der Waals surface area (Å²) in [6, 6.07) is 9.26. The molecule has 36 heavy (non-hydrogen) atoms. The summed E-state index contributed by atoms with van der Waals surface area (Å²) in [5.41, 5.74) is 2.13. The molecule has 3 fully saturated rings. The highest BCUT2D eigenvalue weighted by molar-refractivity contribution is 5.71. The van der Waals surface area contributed by atoms with Crippen molar-refractivity contribution >= 4 is 6.09 Å².